The number of anilines is 2. The van der Waals surface area contributed by atoms with E-state index in [0.717, 1.165) is 12.1 Å². The van der Waals surface area contributed by atoms with Gasteiger partial charge in [0.2, 0.25) is 0 Å². The molecule has 3 N–H and O–H groups in total. The molecule has 0 bridgehead atoms. The van der Waals surface area contributed by atoms with E-state index in [0.29, 0.717) is 17.3 Å². The van der Waals surface area contributed by atoms with Gasteiger partial charge in [-0.2, -0.15) is 0 Å². The van der Waals surface area contributed by atoms with Crippen molar-refractivity contribution in [3.8, 4) is 0 Å². The Balaban J connectivity index is 2.72. The first-order chi connectivity index (χ1) is 8.04. The molecule has 0 saturated heterocycles. The van der Waals surface area contributed by atoms with Gasteiger partial charge in [-0.05, 0) is 38.5 Å². The van der Waals surface area contributed by atoms with Crippen molar-refractivity contribution >= 4 is 17.2 Å². The molecular weight excluding hydrogens is 212 g/mol. The molecule has 0 radical (unpaired) electrons. The number of carbonyl (C=O) groups is 1. The van der Waals surface area contributed by atoms with Gasteiger partial charge in [0.25, 0.3) is 0 Å². The normalized spacial score (nSPS) is 12.2. The van der Waals surface area contributed by atoms with Crippen LogP contribution in [0, 0.1) is 0 Å². The predicted molar refractivity (Wildman–Crippen MR) is 73.5 cm³/mol. The molecule has 0 aromatic heterocycles. The number of ketones is 1. The van der Waals surface area contributed by atoms with Crippen LogP contribution in [0.25, 0.3) is 0 Å². The minimum Gasteiger partial charge on any atom is -0.398 e. The molecule has 3 heteroatoms. The number of carbonyl (C=O) groups excluding carboxylic acids is 1. The maximum Gasteiger partial charge on any atom is 0.161 e. The third kappa shape index (κ3) is 4.10. The number of rotatable bonds is 6. The highest BCUT2D eigenvalue weighted by molar-refractivity contribution is 6.00. The summed E-state index contributed by atoms with van der Waals surface area (Å²) < 4.78 is 0. The summed E-state index contributed by atoms with van der Waals surface area (Å²) >= 11 is 0. The van der Waals surface area contributed by atoms with Gasteiger partial charge in [-0.25, -0.2) is 0 Å². The fourth-order valence-corrected chi connectivity index (χ4v) is 1.82. The van der Waals surface area contributed by atoms with Crippen LogP contribution in [0.1, 0.15) is 50.4 Å². The number of Topliss-reactive ketones (excluding diaryl/α,β-unsaturated/α-hetero) is 1. The van der Waals surface area contributed by atoms with E-state index in [1.54, 1.807) is 6.07 Å². The minimum absolute atomic E-state index is 0.00682. The Morgan fingerprint density at radius 3 is 2.76 bits per heavy atom. The Hall–Kier alpha value is -1.51. The quantitative estimate of drug-likeness (QED) is 0.585. The molecular formula is C14H22N2O. The summed E-state index contributed by atoms with van der Waals surface area (Å²) in [5, 5.41) is 3.39. The number of nitrogen functional groups attached to an aromatic ring is 1. The number of unbranched alkanes of at least 4 members (excludes halogenated alkanes) is 1. The van der Waals surface area contributed by atoms with Crippen molar-refractivity contribution in [1.82, 2.24) is 0 Å². The predicted octanol–water partition coefficient (Wildman–Crippen LogP) is 3.46. The lowest BCUT2D eigenvalue weighted by Gasteiger charge is -2.15. The van der Waals surface area contributed by atoms with E-state index in [2.05, 4.69) is 19.2 Å². The first-order valence-electron chi connectivity index (χ1n) is 6.21. The highest BCUT2D eigenvalue weighted by Gasteiger charge is 2.07. The molecule has 1 aromatic rings. The topological polar surface area (TPSA) is 55.1 Å². The van der Waals surface area contributed by atoms with E-state index in [4.69, 9.17) is 5.73 Å². The number of hydrogen-bond acceptors (Lipinski definition) is 3. The van der Waals surface area contributed by atoms with E-state index < -0.39 is 0 Å². The highest BCUT2D eigenvalue weighted by atomic mass is 16.1. The van der Waals surface area contributed by atoms with Crippen molar-refractivity contribution in [3.05, 3.63) is 23.8 Å². The van der Waals surface area contributed by atoms with Crippen molar-refractivity contribution in [2.45, 2.75) is 46.1 Å². The van der Waals surface area contributed by atoms with Gasteiger partial charge < -0.3 is 11.1 Å². The third-order valence-corrected chi connectivity index (χ3v) is 2.84. The van der Waals surface area contributed by atoms with Crippen LogP contribution in [0.4, 0.5) is 11.4 Å². The molecule has 1 unspecified atom stereocenters. The lowest BCUT2D eigenvalue weighted by Crippen LogP contribution is -2.15. The van der Waals surface area contributed by atoms with Gasteiger partial charge >= 0.3 is 0 Å². The molecule has 0 saturated carbocycles. The zero-order valence-electron chi connectivity index (χ0n) is 10.9. The van der Waals surface area contributed by atoms with Gasteiger partial charge in [-0.3, -0.25) is 4.79 Å². The van der Waals surface area contributed by atoms with E-state index in [9.17, 15) is 4.79 Å². The molecule has 0 amide bonds. The molecule has 1 aromatic carbocycles. The lowest BCUT2D eigenvalue weighted by molar-refractivity contribution is 0.101. The first kappa shape index (κ1) is 13.6. The van der Waals surface area contributed by atoms with Gasteiger partial charge in [0.05, 0.1) is 0 Å². The second-order valence-corrected chi connectivity index (χ2v) is 4.55. The van der Waals surface area contributed by atoms with Crippen molar-refractivity contribution < 1.29 is 4.79 Å². The molecule has 0 spiro atoms. The third-order valence-electron chi connectivity index (χ3n) is 2.84. The second kappa shape index (κ2) is 6.28. The summed E-state index contributed by atoms with van der Waals surface area (Å²) in [6.45, 7) is 5.87. The van der Waals surface area contributed by atoms with Gasteiger partial charge in [0.1, 0.15) is 0 Å². The van der Waals surface area contributed by atoms with E-state index in [1.165, 1.54) is 19.8 Å². The second-order valence-electron chi connectivity index (χ2n) is 4.55. The van der Waals surface area contributed by atoms with Crippen LogP contribution in [0.15, 0.2) is 18.2 Å². The van der Waals surface area contributed by atoms with Crippen LogP contribution in [-0.4, -0.2) is 11.8 Å². The Morgan fingerprint density at radius 2 is 2.18 bits per heavy atom. The fourth-order valence-electron chi connectivity index (χ4n) is 1.82. The Labute approximate surface area is 103 Å². The van der Waals surface area contributed by atoms with E-state index in [-0.39, 0.29) is 5.78 Å². The summed E-state index contributed by atoms with van der Waals surface area (Å²) in [5.74, 6) is 0.00682. The van der Waals surface area contributed by atoms with Crippen LogP contribution in [-0.2, 0) is 0 Å². The van der Waals surface area contributed by atoms with Crippen LogP contribution >= 0.6 is 0 Å². The summed E-state index contributed by atoms with van der Waals surface area (Å²) in [4.78, 5) is 11.4. The minimum atomic E-state index is 0.00682. The SMILES string of the molecule is CCCCC(C)Nc1ccc(N)c(C(C)=O)c1. The molecule has 0 aliphatic heterocycles. The Morgan fingerprint density at radius 1 is 1.47 bits per heavy atom. The lowest BCUT2D eigenvalue weighted by atomic mass is 10.1. The number of nitrogens with one attached hydrogen (secondary N) is 1. The fraction of sp³-hybridized carbons (Fsp3) is 0.500. The number of hydrogen-bond donors (Lipinski definition) is 2. The molecule has 3 nitrogen and oxygen atoms in total. The number of benzene rings is 1. The smallest absolute Gasteiger partial charge is 0.161 e. The summed E-state index contributed by atoms with van der Waals surface area (Å²) in [5.41, 5.74) is 7.86. The summed E-state index contributed by atoms with van der Waals surface area (Å²) in [6.07, 6.45) is 3.55. The first-order valence-corrected chi connectivity index (χ1v) is 6.21. The van der Waals surface area contributed by atoms with Crippen molar-refractivity contribution in [3.63, 3.8) is 0 Å². The van der Waals surface area contributed by atoms with Crippen LogP contribution in [0.3, 0.4) is 0 Å². The Bertz CT molecular complexity index is 388. The van der Waals surface area contributed by atoms with Crippen molar-refractivity contribution in [2.75, 3.05) is 11.1 Å². The average Bonchev–Trinajstić information content (AvgIpc) is 2.28. The molecule has 0 aliphatic carbocycles. The zero-order chi connectivity index (χ0) is 12.8. The largest absolute Gasteiger partial charge is 0.398 e. The van der Waals surface area contributed by atoms with Crippen LogP contribution in [0.5, 0.6) is 0 Å². The van der Waals surface area contributed by atoms with Gasteiger partial charge in [0, 0.05) is 23.0 Å². The summed E-state index contributed by atoms with van der Waals surface area (Å²) in [7, 11) is 0. The van der Waals surface area contributed by atoms with Crippen LogP contribution in [0.2, 0.25) is 0 Å². The van der Waals surface area contributed by atoms with E-state index in [1.807, 2.05) is 12.1 Å². The van der Waals surface area contributed by atoms with E-state index >= 15 is 0 Å². The van der Waals surface area contributed by atoms with Gasteiger partial charge in [-0.1, -0.05) is 19.8 Å². The van der Waals surface area contributed by atoms with Crippen molar-refractivity contribution in [2.24, 2.45) is 0 Å². The monoisotopic (exact) mass is 234 g/mol. The standard InChI is InChI=1S/C14H22N2O/c1-4-5-6-10(2)16-12-7-8-14(15)13(9-12)11(3)17/h7-10,16H,4-6,15H2,1-3H3. The highest BCUT2D eigenvalue weighted by Crippen LogP contribution is 2.19. The summed E-state index contributed by atoms with van der Waals surface area (Å²) in [6, 6.07) is 5.95. The number of nitrogens with two attached hydrogens (primary N) is 1. The molecule has 0 heterocycles. The van der Waals surface area contributed by atoms with Crippen molar-refractivity contribution in [1.29, 1.82) is 0 Å². The molecule has 0 aliphatic rings. The average molecular weight is 234 g/mol. The molecule has 17 heavy (non-hydrogen) atoms. The van der Waals surface area contributed by atoms with Gasteiger partial charge in [-0.15, -0.1) is 0 Å². The Kier molecular flexibility index (Phi) is 5.01. The molecule has 0 fully saturated rings. The van der Waals surface area contributed by atoms with Crippen LogP contribution < -0.4 is 11.1 Å². The zero-order valence-corrected chi connectivity index (χ0v) is 10.9. The maximum absolute atomic E-state index is 11.4. The van der Waals surface area contributed by atoms with Gasteiger partial charge in [0.15, 0.2) is 5.78 Å². The molecule has 1 atom stereocenters. The maximum atomic E-state index is 11.4. The molecule has 1 rings (SSSR count). The molecule has 94 valence electrons.